The molecule has 1 aliphatic carbocycles. The summed E-state index contributed by atoms with van der Waals surface area (Å²) in [6, 6.07) is 0. The first-order valence-corrected chi connectivity index (χ1v) is 6.69. The summed E-state index contributed by atoms with van der Waals surface area (Å²) in [5, 5.41) is 0. The average Bonchev–Trinajstić information content (AvgIpc) is 2.77. The Morgan fingerprint density at radius 1 is 1.25 bits per heavy atom. The van der Waals surface area contributed by atoms with Crippen LogP contribution in [-0.4, -0.2) is 30.4 Å². The molecule has 0 aromatic carbocycles. The Morgan fingerprint density at radius 2 is 1.88 bits per heavy atom. The number of nitrogens with two attached hydrogens (primary N) is 1. The first-order valence-electron chi connectivity index (χ1n) is 6.69. The van der Waals surface area contributed by atoms with Crippen LogP contribution in [0.25, 0.3) is 0 Å². The van der Waals surface area contributed by atoms with Crippen molar-refractivity contribution in [3.63, 3.8) is 0 Å². The predicted molar refractivity (Wildman–Crippen MR) is 67.1 cm³/mol. The third kappa shape index (κ3) is 2.76. The van der Waals surface area contributed by atoms with Crippen molar-refractivity contribution in [2.75, 3.05) is 19.6 Å². The Bertz CT molecular complexity index is 216. The second-order valence-corrected chi connectivity index (χ2v) is 4.92. The quantitative estimate of drug-likeness (QED) is 0.754. The minimum Gasteiger partial charge on any atom is -0.341 e. The third-order valence-electron chi connectivity index (χ3n) is 3.87. The molecular weight excluding hydrogens is 200 g/mol. The molecule has 3 nitrogen and oxygen atoms in total. The fourth-order valence-electron chi connectivity index (χ4n) is 2.85. The lowest BCUT2D eigenvalue weighted by Crippen LogP contribution is -2.44. The van der Waals surface area contributed by atoms with Gasteiger partial charge >= 0.3 is 0 Å². The summed E-state index contributed by atoms with van der Waals surface area (Å²) in [5.74, 6) is 0.361. The number of hydrogen-bond donors (Lipinski definition) is 1. The van der Waals surface area contributed by atoms with E-state index in [0.29, 0.717) is 19.0 Å². The van der Waals surface area contributed by atoms with E-state index in [9.17, 15) is 4.79 Å². The molecule has 0 atom stereocenters. The van der Waals surface area contributed by atoms with Crippen LogP contribution in [0, 0.1) is 5.41 Å². The van der Waals surface area contributed by atoms with E-state index in [-0.39, 0.29) is 5.41 Å². The summed E-state index contributed by atoms with van der Waals surface area (Å²) >= 11 is 0. The highest BCUT2D eigenvalue weighted by molar-refractivity contribution is 5.83. The van der Waals surface area contributed by atoms with E-state index in [4.69, 9.17) is 5.73 Å². The lowest BCUT2D eigenvalue weighted by molar-refractivity contribution is -0.142. The molecule has 94 valence electrons. The van der Waals surface area contributed by atoms with Gasteiger partial charge in [0.2, 0.25) is 5.91 Å². The highest BCUT2D eigenvalue weighted by Gasteiger charge is 2.41. The molecule has 0 spiro atoms. The molecule has 1 saturated carbocycles. The predicted octanol–water partition coefficient (Wildman–Crippen LogP) is 2.15. The molecule has 16 heavy (non-hydrogen) atoms. The van der Waals surface area contributed by atoms with Crippen LogP contribution in [-0.2, 0) is 4.79 Å². The fraction of sp³-hybridized carbons (Fsp3) is 0.923. The molecule has 0 unspecified atom stereocenters. The van der Waals surface area contributed by atoms with Gasteiger partial charge in [0.25, 0.3) is 0 Å². The van der Waals surface area contributed by atoms with Crippen molar-refractivity contribution >= 4 is 5.91 Å². The van der Waals surface area contributed by atoms with Gasteiger partial charge in [0.15, 0.2) is 0 Å². The third-order valence-corrected chi connectivity index (χ3v) is 3.87. The maximum Gasteiger partial charge on any atom is 0.228 e. The summed E-state index contributed by atoms with van der Waals surface area (Å²) in [6.45, 7) is 6.41. The maximum absolute atomic E-state index is 12.5. The maximum atomic E-state index is 12.5. The molecule has 0 aromatic heterocycles. The van der Waals surface area contributed by atoms with Crippen LogP contribution in [0.4, 0.5) is 0 Å². The van der Waals surface area contributed by atoms with E-state index in [2.05, 4.69) is 13.8 Å². The Kier molecular flexibility index (Phi) is 5.26. The van der Waals surface area contributed by atoms with Crippen LogP contribution in [0.1, 0.15) is 52.4 Å². The molecule has 0 aliphatic heterocycles. The van der Waals surface area contributed by atoms with Gasteiger partial charge in [0, 0.05) is 25.0 Å². The number of carbonyl (C=O) groups is 1. The summed E-state index contributed by atoms with van der Waals surface area (Å²) in [5.41, 5.74) is 5.54. The molecule has 1 aliphatic rings. The van der Waals surface area contributed by atoms with Gasteiger partial charge < -0.3 is 10.6 Å². The molecule has 1 fully saturated rings. The normalized spacial score (nSPS) is 18.7. The number of carbonyl (C=O) groups excluding carboxylic acids is 1. The zero-order valence-electron chi connectivity index (χ0n) is 10.8. The van der Waals surface area contributed by atoms with Crippen LogP contribution < -0.4 is 5.73 Å². The van der Waals surface area contributed by atoms with E-state index in [1.54, 1.807) is 0 Å². The zero-order valence-corrected chi connectivity index (χ0v) is 10.8. The Morgan fingerprint density at radius 3 is 2.31 bits per heavy atom. The molecule has 1 amide bonds. The van der Waals surface area contributed by atoms with E-state index < -0.39 is 0 Å². The van der Waals surface area contributed by atoms with Gasteiger partial charge in [-0.1, -0.05) is 26.7 Å². The van der Waals surface area contributed by atoms with Crippen LogP contribution >= 0.6 is 0 Å². The Labute approximate surface area is 99.4 Å². The second kappa shape index (κ2) is 6.24. The number of hydrogen-bond acceptors (Lipinski definition) is 2. The highest BCUT2D eigenvalue weighted by atomic mass is 16.2. The lowest BCUT2D eigenvalue weighted by Gasteiger charge is -2.33. The summed E-state index contributed by atoms with van der Waals surface area (Å²) in [6.07, 6.45) is 6.58. The Hall–Kier alpha value is -0.570. The summed E-state index contributed by atoms with van der Waals surface area (Å²) < 4.78 is 0. The number of amides is 1. The van der Waals surface area contributed by atoms with Gasteiger partial charge in [0.1, 0.15) is 0 Å². The fourth-order valence-corrected chi connectivity index (χ4v) is 2.85. The molecular formula is C13H26N2O. The first kappa shape index (κ1) is 13.5. The number of nitrogens with zero attached hydrogens (tertiary/aromatic N) is 1. The molecule has 0 saturated heterocycles. The van der Waals surface area contributed by atoms with Crippen molar-refractivity contribution in [1.82, 2.24) is 4.90 Å². The molecule has 0 aromatic rings. The van der Waals surface area contributed by atoms with Crippen molar-refractivity contribution in [3.8, 4) is 0 Å². The summed E-state index contributed by atoms with van der Waals surface area (Å²) in [7, 11) is 0. The second-order valence-electron chi connectivity index (χ2n) is 4.92. The van der Waals surface area contributed by atoms with Crippen molar-refractivity contribution in [2.24, 2.45) is 11.1 Å². The zero-order chi connectivity index (χ0) is 12.0. The van der Waals surface area contributed by atoms with Crippen molar-refractivity contribution in [2.45, 2.75) is 52.4 Å². The van der Waals surface area contributed by atoms with E-state index in [1.807, 2.05) is 4.90 Å². The van der Waals surface area contributed by atoms with Gasteiger partial charge in [-0.05, 0) is 25.7 Å². The van der Waals surface area contributed by atoms with Crippen molar-refractivity contribution in [3.05, 3.63) is 0 Å². The van der Waals surface area contributed by atoms with Crippen molar-refractivity contribution < 1.29 is 4.79 Å². The van der Waals surface area contributed by atoms with Gasteiger partial charge in [-0.3, -0.25) is 4.79 Å². The first-order chi connectivity index (χ1) is 7.70. The van der Waals surface area contributed by atoms with Crippen LogP contribution in [0.15, 0.2) is 0 Å². The largest absolute Gasteiger partial charge is 0.341 e. The minimum absolute atomic E-state index is 0.0512. The monoisotopic (exact) mass is 226 g/mol. The minimum atomic E-state index is -0.0512. The number of rotatable bonds is 6. The smallest absolute Gasteiger partial charge is 0.228 e. The molecule has 2 N–H and O–H groups in total. The molecule has 1 rings (SSSR count). The highest BCUT2D eigenvalue weighted by Crippen LogP contribution is 2.42. The van der Waals surface area contributed by atoms with E-state index >= 15 is 0 Å². The lowest BCUT2D eigenvalue weighted by atomic mass is 9.82. The summed E-state index contributed by atoms with van der Waals surface area (Å²) in [4.78, 5) is 14.5. The molecule has 3 heteroatoms. The Balaban J connectivity index is 2.70. The SMILES string of the molecule is CCCN(CCN)C(=O)C1(CC)CCCC1. The van der Waals surface area contributed by atoms with Crippen LogP contribution in [0.2, 0.25) is 0 Å². The molecule has 0 heterocycles. The van der Waals surface area contributed by atoms with E-state index in [0.717, 1.165) is 32.2 Å². The van der Waals surface area contributed by atoms with Crippen molar-refractivity contribution in [1.29, 1.82) is 0 Å². The van der Waals surface area contributed by atoms with Crippen LogP contribution in [0.5, 0.6) is 0 Å². The van der Waals surface area contributed by atoms with Gasteiger partial charge in [-0.25, -0.2) is 0 Å². The van der Waals surface area contributed by atoms with E-state index in [1.165, 1.54) is 12.8 Å². The standard InChI is InChI=1S/C13H26N2O/c1-3-10-15(11-9-14)12(16)13(4-2)7-5-6-8-13/h3-11,14H2,1-2H3. The molecule has 0 radical (unpaired) electrons. The van der Waals surface area contributed by atoms with Gasteiger partial charge in [-0.15, -0.1) is 0 Å². The average molecular weight is 226 g/mol. The van der Waals surface area contributed by atoms with Gasteiger partial charge in [0.05, 0.1) is 0 Å². The topological polar surface area (TPSA) is 46.3 Å². The van der Waals surface area contributed by atoms with Gasteiger partial charge in [-0.2, -0.15) is 0 Å². The van der Waals surface area contributed by atoms with Crippen LogP contribution in [0.3, 0.4) is 0 Å². The molecule has 0 bridgehead atoms.